The second-order valence-electron chi connectivity index (χ2n) is 8.10. The molecule has 0 spiro atoms. The molecule has 4 rings (SSSR count). The van der Waals surface area contributed by atoms with Gasteiger partial charge in [0, 0.05) is 22.8 Å². The minimum absolute atomic E-state index is 0.0864. The smallest absolute Gasteiger partial charge is 0.367 e. The fourth-order valence-electron chi connectivity index (χ4n) is 3.66. The molecule has 1 aromatic heterocycles. The molecule has 0 fully saturated rings. The predicted octanol–water partition coefficient (Wildman–Crippen LogP) is 6.05. The van der Waals surface area contributed by atoms with Gasteiger partial charge >= 0.3 is 6.18 Å². The molecule has 2 aromatic carbocycles. The third-order valence-corrected chi connectivity index (χ3v) is 5.86. The van der Waals surface area contributed by atoms with Crippen LogP contribution in [0.25, 0.3) is 17.1 Å². The molecule has 0 saturated carbocycles. The first-order valence-corrected chi connectivity index (χ1v) is 10.5. The summed E-state index contributed by atoms with van der Waals surface area (Å²) >= 11 is 12.4. The zero-order valence-corrected chi connectivity index (χ0v) is 18.7. The minimum Gasteiger partial charge on any atom is -0.367 e. The van der Waals surface area contributed by atoms with Gasteiger partial charge in [0.15, 0.2) is 5.69 Å². The maximum Gasteiger partial charge on any atom is 0.406 e. The molecule has 1 N–H and O–H groups in total. The lowest BCUT2D eigenvalue weighted by atomic mass is 10.0. The van der Waals surface area contributed by atoms with Crippen molar-refractivity contribution in [2.75, 3.05) is 18.4 Å². The van der Waals surface area contributed by atoms with Crippen molar-refractivity contribution >= 4 is 34.9 Å². The molecule has 1 aliphatic rings. The van der Waals surface area contributed by atoms with Crippen LogP contribution >= 0.6 is 23.2 Å². The van der Waals surface area contributed by atoms with Crippen molar-refractivity contribution < 1.29 is 18.0 Å². The van der Waals surface area contributed by atoms with Crippen molar-refractivity contribution in [3.8, 4) is 17.1 Å². The molecular weight excluding hydrogens is 464 g/mol. The van der Waals surface area contributed by atoms with Crippen molar-refractivity contribution in [3.05, 3.63) is 64.3 Å². The number of fused-ring (bicyclic) bond motifs is 1. The molecule has 10 heteroatoms. The summed E-state index contributed by atoms with van der Waals surface area (Å²) < 4.78 is 41.6. The molecule has 5 nitrogen and oxygen atoms in total. The summed E-state index contributed by atoms with van der Waals surface area (Å²) in [6, 6.07) is 13.8. The van der Waals surface area contributed by atoms with Gasteiger partial charge in [-0.05, 0) is 50.2 Å². The number of hydrogen-bond acceptors (Lipinski definition) is 3. The first-order valence-electron chi connectivity index (χ1n) is 9.74. The molecule has 32 heavy (non-hydrogen) atoms. The van der Waals surface area contributed by atoms with Crippen LogP contribution in [-0.2, 0) is 0 Å². The number of benzene rings is 2. The van der Waals surface area contributed by atoms with Gasteiger partial charge in [0.25, 0.3) is 5.91 Å². The first kappa shape index (κ1) is 22.5. The normalized spacial score (nSPS) is 15.8. The minimum atomic E-state index is -4.55. The highest BCUT2D eigenvalue weighted by Gasteiger charge is 2.44. The summed E-state index contributed by atoms with van der Waals surface area (Å²) in [5, 5.41) is 4.05. The number of nitrogens with one attached hydrogen (secondary N) is 1. The number of aromatic nitrogens is 2. The number of carbonyl (C=O) groups is 1. The van der Waals surface area contributed by atoms with Gasteiger partial charge in [0.05, 0.1) is 10.6 Å². The van der Waals surface area contributed by atoms with E-state index in [1.807, 2.05) is 0 Å². The summed E-state index contributed by atoms with van der Waals surface area (Å²) in [6.07, 6.45) is -4.55. The van der Waals surface area contributed by atoms with Gasteiger partial charge in [-0.3, -0.25) is 9.36 Å². The summed E-state index contributed by atoms with van der Waals surface area (Å²) in [5.74, 6) is -0.186. The topological polar surface area (TPSA) is 50.2 Å². The van der Waals surface area contributed by atoms with E-state index >= 15 is 0 Å². The first-order chi connectivity index (χ1) is 15.0. The van der Waals surface area contributed by atoms with E-state index in [-0.39, 0.29) is 12.2 Å². The Bertz CT molecular complexity index is 1170. The number of anilines is 1. The maximum absolute atomic E-state index is 13.4. The fourth-order valence-corrected chi connectivity index (χ4v) is 4.01. The molecule has 2 heterocycles. The van der Waals surface area contributed by atoms with Crippen LogP contribution in [0.5, 0.6) is 0 Å². The van der Waals surface area contributed by atoms with Gasteiger partial charge in [-0.15, -0.1) is 0 Å². The van der Waals surface area contributed by atoms with E-state index < -0.39 is 24.2 Å². The number of halogens is 5. The average molecular weight is 483 g/mol. The Morgan fingerprint density at radius 2 is 1.75 bits per heavy atom. The molecule has 3 aromatic rings. The fraction of sp³-hybridized carbons (Fsp3) is 0.273. The van der Waals surface area contributed by atoms with Crippen LogP contribution in [0.1, 0.15) is 24.3 Å². The van der Waals surface area contributed by atoms with Gasteiger partial charge in [-0.2, -0.15) is 13.2 Å². The van der Waals surface area contributed by atoms with Crippen LogP contribution in [0.4, 0.5) is 19.0 Å². The van der Waals surface area contributed by atoms with E-state index in [2.05, 4.69) is 10.3 Å². The van der Waals surface area contributed by atoms with Crippen LogP contribution in [0.2, 0.25) is 10.0 Å². The van der Waals surface area contributed by atoms with Gasteiger partial charge < -0.3 is 10.2 Å². The highest BCUT2D eigenvalue weighted by Crippen LogP contribution is 2.37. The van der Waals surface area contributed by atoms with E-state index in [1.165, 1.54) is 0 Å². The van der Waals surface area contributed by atoms with Crippen LogP contribution in [0.15, 0.2) is 48.5 Å². The quantitative estimate of drug-likeness (QED) is 0.493. The third kappa shape index (κ3) is 4.17. The number of alkyl halides is 3. The SMILES string of the molecule is CC1(C)CNc2c(nc(-c3ccccc3Cl)n2-c2ccc(Cl)cc2)C(=O)N1CC(F)(F)F. The van der Waals surface area contributed by atoms with Gasteiger partial charge in [0.2, 0.25) is 0 Å². The Balaban J connectivity index is 1.96. The standard InChI is InChI=1S/C22H19Cl2F3N4O/c1-21(2)11-28-19-17(20(32)30(21)12-22(25,26)27)29-18(15-5-3-4-6-16(15)24)31(19)14-9-7-13(23)8-10-14/h3-10,28H,11-12H2,1-2H3. The second kappa shape index (κ2) is 8.01. The van der Waals surface area contributed by atoms with E-state index in [1.54, 1.807) is 66.9 Å². The van der Waals surface area contributed by atoms with E-state index in [9.17, 15) is 18.0 Å². The molecule has 0 saturated heterocycles. The summed E-state index contributed by atoms with van der Waals surface area (Å²) in [4.78, 5) is 18.7. The lowest BCUT2D eigenvalue weighted by Gasteiger charge is -2.37. The number of hydrogen-bond donors (Lipinski definition) is 1. The van der Waals surface area contributed by atoms with Crippen LogP contribution in [0, 0.1) is 0 Å². The number of amides is 1. The summed E-state index contributed by atoms with van der Waals surface area (Å²) in [6.45, 7) is 1.87. The molecule has 0 bridgehead atoms. The molecule has 1 aliphatic heterocycles. The molecule has 0 atom stereocenters. The zero-order valence-electron chi connectivity index (χ0n) is 17.2. The Kier molecular flexibility index (Phi) is 5.63. The molecule has 0 radical (unpaired) electrons. The molecule has 0 unspecified atom stereocenters. The largest absolute Gasteiger partial charge is 0.406 e. The number of nitrogens with zero attached hydrogens (tertiary/aromatic N) is 3. The van der Waals surface area contributed by atoms with Crippen molar-refractivity contribution in [1.82, 2.24) is 14.5 Å². The second-order valence-corrected chi connectivity index (χ2v) is 8.94. The van der Waals surface area contributed by atoms with Crippen molar-refractivity contribution in [2.45, 2.75) is 25.6 Å². The lowest BCUT2D eigenvalue weighted by molar-refractivity contribution is -0.148. The molecule has 0 aliphatic carbocycles. The van der Waals surface area contributed by atoms with Crippen LogP contribution in [-0.4, -0.2) is 45.2 Å². The maximum atomic E-state index is 13.4. The third-order valence-electron chi connectivity index (χ3n) is 5.28. The Morgan fingerprint density at radius 3 is 2.38 bits per heavy atom. The summed E-state index contributed by atoms with van der Waals surface area (Å²) in [5.41, 5.74) is -0.0542. The van der Waals surface area contributed by atoms with Crippen molar-refractivity contribution in [2.24, 2.45) is 0 Å². The monoisotopic (exact) mass is 482 g/mol. The van der Waals surface area contributed by atoms with E-state index in [4.69, 9.17) is 23.2 Å². The Hall–Kier alpha value is -2.71. The molecule has 168 valence electrons. The number of rotatable bonds is 3. The van der Waals surface area contributed by atoms with Crippen molar-refractivity contribution in [1.29, 1.82) is 0 Å². The lowest BCUT2D eigenvalue weighted by Crippen LogP contribution is -2.53. The van der Waals surface area contributed by atoms with Gasteiger partial charge in [-0.1, -0.05) is 35.3 Å². The highest BCUT2D eigenvalue weighted by molar-refractivity contribution is 6.33. The van der Waals surface area contributed by atoms with Crippen LogP contribution in [0.3, 0.4) is 0 Å². The Labute approximate surface area is 192 Å². The summed E-state index contributed by atoms with van der Waals surface area (Å²) in [7, 11) is 0. The van der Waals surface area contributed by atoms with Gasteiger partial charge in [-0.25, -0.2) is 4.98 Å². The number of carbonyl (C=O) groups excluding carboxylic acids is 1. The average Bonchev–Trinajstić information content (AvgIpc) is 3.06. The van der Waals surface area contributed by atoms with Crippen LogP contribution < -0.4 is 5.32 Å². The zero-order chi connectivity index (χ0) is 23.3. The van der Waals surface area contributed by atoms with E-state index in [0.29, 0.717) is 32.9 Å². The Morgan fingerprint density at radius 1 is 1.09 bits per heavy atom. The molecular formula is C22H19Cl2F3N4O. The molecule has 1 amide bonds. The van der Waals surface area contributed by atoms with E-state index in [0.717, 1.165) is 4.90 Å². The van der Waals surface area contributed by atoms with Gasteiger partial charge in [0.1, 0.15) is 18.2 Å². The predicted molar refractivity (Wildman–Crippen MR) is 119 cm³/mol. The highest BCUT2D eigenvalue weighted by atomic mass is 35.5. The van der Waals surface area contributed by atoms with Crippen molar-refractivity contribution in [3.63, 3.8) is 0 Å². The number of imidazole rings is 1.